The lowest BCUT2D eigenvalue weighted by Gasteiger charge is -2.32. The van der Waals surface area contributed by atoms with Gasteiger partial charge >= 0.3 is 0 Å². The van der Waals surface area contributed by atoms with Crippen molar-refractivity contribution in [2.75, 3.05) is 31.2 Å². The average Bonchev–Trinajstić information content (AvgIpc) is 3.18. The fourth-order valence-electron chi connectivity index (χ4n) is 3.92. The Morgan fingerprint density at radius 2 is 1.85 bits per heavy atom. The van der Waals surface area contributed by atoms with Crippen molar-refractivity contribution in [2.45, 2.75) is 25.3 Å². The highest BCUT2D eigenvalue weighted by Crippen LogP contribution is 2.31. The van der Waals surface area contributed by atoms with E-state index in [2.05, 4.69) is 27.6 Å². The number of nitrogens with zero attached hydrogens (tertiary/aromatic N) is 2. The zero-order valence-electron chi connectivity index (χ0n) is 18.6. The normalized spacial score (nSPS) is 16.3. The number of rotatable bonds is 7. The number of aromatic nitrogens is 1. The minimum atomic E-state index is -0.962. The van der Waals surface area contributed by atoms with Crippen LogP contribution in [0.25, 0.3) is 0 Å². The molecule has 4 N–H and O–H groups in total. The Balaban J connectivity index is 1.40. The molecule has 1 aliphatic heterocycles. The Bertz CT molecular complexity index is 1180. The largest absolute Gasteiger partial charge is 0.382 e. The number of thiazole rings is 1. The number of nitrogens with two attached hydrogens (primary N) is 1. The van der Waals surface area contributed by atoms with E-state index in [4.69, 9.17) is 5.73 Å². The number of anilines is 3. The van der Waals surface area contributed by atoms with Crippen LogP contribution in [-0.4, -0.2) is 47.8 Å². The third kappa shape index (κ3) is 5.23. The number of nitrogen functional groups attached to an aromatic ring is 1. The van der Waals surface area contributed by atoms with Crippen LogP contribution in [0.15, 0.2) is 42.5 Å². The Morgan fingerprint density at radius 3 is 2.53 bits per heavy atom. The number of nitrogens with one attached hydrogen (secondary N) is 2. The second kappa shape index (κ2) is 10.3. The van der Waals surface area contributed by atoms with Gasteiger partial charge in [-0.2, -0.15) is 0 Å². The highest BCUT2D eigenvalue weighted by Gasteiger charge is 2.24. The molecule has 2 heterocycles. The molecule has 0 saturated carbocycles. The van der Waals surface area contributed by atoms with Gasteiger partial charge in [0, 0.05) is 23.8 Å². The number of amides is 1. The Morgan fingerprint density at radius 1 is 1.15 bits per heavy atom. The molecule has 0 spiro atoms. The Hall–Kier alpha value is -3.37. The van der Waals surface area contributed by atoms with Crippen LogP contribution in [-0.2, 0) is 0 Å². The standard InChI is InChI=1S/C24H25F2N5O2S/c1-31-12-3-2-5-16(31)13-28-23(33)14-8-10-15(11-9-14)29-24-30-22(27)21(34-24)20(32)19-17(25)6-4-7-18(19)26/h4,6-11,16H,2-3,5,12-13,27H2,1H3,(H,28,33)(H,29,30). The molecule has 0 radical (unpaired) electrons. The molecule has 4 rings (SSSR count). The summed E-state index contributed by atoms with van der Waals surface area (Å²) in [4.78, 5) is 31.4. The molecule has 3 aromatic rings. The molecule has 1 fully saturated rings. The summed E-state index contributed by atoms with van der Waals surface area (Å²) in [7, 11) is 2.08. The van der Waals surface area contributed by atoms with Crippen LogP contribution >= 0.6 is 11.3 Å². The topological polar surface area (TPSA) is 100 Å². The number of hydrogen-bond donors (Lipinski definition) is 3. The SMILES string of the molecule is CN1CCCCC1CNC(=O)c1ccc(Nc2nc(N)c(C(=O)c3c(F)cccc3F)s2)cc1. The van der Waals surface area contributed by atoms with Crippen LogP contribution in [0.4, 0.5) is 25.4 Å². The van der Waals surface area contributed by atoms with E-state index >= 15 is 0 Å². The van der Waals surface area contributed by atoms with Crippen molar-refractivity contribution < 1.29 is 18.4 Å². The van der Waals surface area contributed by atoms with Crippen LogP contribution in [0.1, 0.15) is 44.9 Å². The van der Waals surface area contributed by atoms with Crippen molar-refractivity contribution in [1.82, 2.24) is 15.2 Å². The number of benzene rings is 2. The van der Waals surface area contributed by atoms with E-state index in [-0.39, 0.29) is 21.7 Å². The second-order valence-corrected chi connectivity index (χ2v) is 9.20. The monoisotopic (exact) mass is 485 g/mol. The highest BCUT2D eigenvalue weighted by atomic mass is 32.1. The summed E-state index contributed by atoms with van der Waals surface area (Å²) in [5, 5.41) is 6.28. The summed E-state index contributed by atoms with van der Waals surface area (Å²) in [5.74, 6) is -3.06. The molecule has 1 unspecified atom stereocenters. The lowest BCUT2D eigenvalue weighted by atomic mass is 10.0. The minimum Gasteiger partial charge on any atom is -0.382 e. The quantitative estimate of drug-likeness (QED) is 0.434. The maximum atomic E-state index is 14.0. The minimum absolute atomic E-state index is 0.0600. The van der Waals surface area contributed by atoms with E-state index in [0.717, 1.165) is 36.4 Å². The van der Waals surface area contributed by atoms with Crippen molar-refractivity contribution in [3.05, 3.63) is 70.1 Å². The van der Waals surface area contributed by atoms with Gasteiger partial charge in [-0.15, -0.1) is 0 Å². The van der Waals surface area contributed by atoms with Gasteiger partial charge in [0.2, 0.25) is 5.78 Å². The summed E-state index contributed by atoms with van der Waals surface area (Å²) in [5.41, 5.74) is 6.31. The first-order valence-electron chi connectivity index (χ1n) is 10.9. The lowest BCUT2D eigenvalue weighted by molar-refractivity contribution is 0.0928. The highest BCUT2D eigenvalue weighted by molar-refractivity contribution is 7.18. The van der Waals surface area contributed by atoms with Crippen LogP contribution in [0.2, 0.25) is 0 Å². The van der Waals surface area contributed by atoms with Gasteiger partial charge in [0.15, 0.2) is 5.13 Å². The molecule has 7 nitrogen and oxygen atoms in total. The fraction of sp³-hybridized carbons (Fsp3) is 0.292. The van der Waals surface area contributed by atoms with E-state index in [1.54, 1.807) is 24.3 Å². The zero-order valence-corrected chi connectivity index (χ0v) is 19.4. The zero-order chi connectivity index (χ0) is 24.2. The van der Waals surface area contributed by atoms with Crippen molar-refractivity contribution in [2.24, 2.45) is 0 Å². The molecule has 2 aromatic carbocycles. The molecule has 1 aliphatic rings. The summed E-state index contributed by atoms with van der Waals surface area (Å²) in [6, 6.07) is 10.3. The summed E-state index contributed by atoms with van der Waals surface area (Å²) >= 11 is 0.895. The van der Waals surface area contributed by atoms with E-state index in [9.17, 15) is 18.4 Å². The number of carbonyl (C=O) groups excluding carboxylic acids is 2. The van der Waals surface area contributed by atoms with Crippen LogP contribution < -0.4 is 16.4 Å². The molecule has 10 heteroatoms. The van der Waals surface area contributed by atoms with Crippen LogP contribution in [0.5, 0.6) is 0 Å². The van der Waals surface area contributed by atoms with E-state index < -0.39 is 23.0 Å². The van der Waals surface area contributed by atoms with E-state index in [0.29, 0.717) is 23.8 Å². The maximum Gasteiger partial charge on any atom is 0.251 e. The third-order valence-corrected chi connectivity index (χ3v) is 6.85. The number of likely N-dealkylation sites (N-methyl/N-ethyl adjacent to an activating group) is 1. The van der Waals surface area contributed by atoms with Crippen molar-refractivity contribution in [1.29, 1.82) is 0 Å². The Labute approximate surface area is 200 Å². The predicted octanol–water partition coefficient (Wildman–Crippen LogP) is 4.19. The molecule has 1 amide bonds. The van der Waals surface area contributed by atoms with Crippen molar-refractivity contribution in [3.63, 3.8) is 0 Å². The van der Waals surface area contributed by atoms with Crippen molar-refractivity contribution >= 4 is 39.7 Å². The first kappa shape index (κ1) is 23.8. The van der Waals surface area contributed by atoms with Gasteiger partial charge < -0.3 is 21.3 Å². The summed E-state index contributed by atoms with van der Waals surface area (Å²) in [6.07, 6.45) is 3.44. The number of piperidine rings is 1. The number of hydrogen-bond acceptors (Lipinski definition) is 7. The number of carbonyl (C=O) groups is 2. The smallest absolute Gasteiger partial charge is 0.251 e. The molecule has 34 heavy (non-hydrogen) atoms. The number of likely N-dealkylation sites (tertiary alicyclic amines) is 1. The number of halogens is 2. The molecule has 0 bridgehead atoms. The van der Waals surface area contributed by atoms with Gasteiger partial charge in [-0.1, -0.05) is 23.8 Å². The first-order valence-corrected chi connectivity index (χ1v) is 11.8. The molecule has 0 aliphatic carbocycles. The summed E-state index contributed by atoms with van der Waals surface area (Å²) < 4.78 is 28.0. The summed E-state index contributed by atoms with van der Waals surface area (Å²) in [6.45, 7) is 1.65. The molecular formula is C24H25F2N5O2S. The molecule has 1 atom stereocenters. The van der Waals surface area contributed by atoms with Gasteiger partial charge in [0.1, 0.15) is 22.3 Å². The third-order valence-electron chi connectivity index (χ3n) is 5.87. The first-order chi connectivity index (χ1) is 16.3. The van der Waals surface area contributed by atoms with Gasteiger partial charge in [-0.05, 0) is 62.8 Å². The van der Waals surface area contributed by atoms with Gasteiger partial charge in [0.25, 0.3) is 5.91 Å². The molecule has 1 saturated heterocycles. The van der Waals surface area contributed by atoms with Gasteiger partial charge in [0.05, 0.1) is 5.56 Å². The number of ketones is 1. The average molecular weight is 486 g/mol. The lowest BCUT2D eigenvalue weighted by Crippen LogP contribution is -2.44. The van der Waals surface area contributed by atoms with E-state index in [1.165, 1.54) is 18.9 Å². The fourth-order valence-corrected chi connectivity index (χ4v) is 4.77. The van der Waals surface area contributed by atoms with Gasteiger partial charge in [-0.25, -0.2) is 13.8 Å². The van der Waals surface area contributed by atoms with E-state index in [1.807, 2.05) is 0 Å². The van der Waals surface area contributed by atoms with Crippen LogP contribution in [0.3, 0.4) is 0 Å². The molecular weight excluding hydrogens is 460 g/mol. The van der Waals surface area contributed by atoms with Gasteiger partial charge in [-0.3, -0.25) is 9.59 Å². The second-order valence-electron chi connectivity index (χ2n) is 8.20. The Kier molecular flexibility index (Phi) is 7.18. The van der Waals surface area contributed by atoms with Crippen LogP contribution in [0, 0.1) is 11.6 Å². The van der Waals surface area contributed by atoms with Crippen molar-refractivity contribution in [3.8, 4) is 0 Å². The molecule has 178 valence electrons. The predicted molar refractivity (Wildman–Crippen MR) is 129 cm³/mol. The maximum absolute atomic E-state index is 14.0. The molecule has 1 aromatic heterocycles.